The van der Waals surface area contributed by atoms with Crippen LogP contribution >= 0.6 is 0 Å². The Labute approximate surface area is 167 Å². The Bertz CT molecular complexity index is 753. The molecule has 0 aliphatic carbocycles. The molecule has 0 bridgehead atoms. The fourth-order valence-corrected chi connectivity index (χ4v) is 3.17. The van der Waals surface area contributed by atoms with Gasteiger partial charge in [0.15, 0.2) is 0 Å². The normalized spacial score (nSPS) is 14.8. The molecule has 1 N–H and O–H groups in total. The maximum Gasteiger partial charge on any atom is 0.256 e. The van der Waals surface area contributed by atoms with Gasteiger partial charge in [-0.05, 0) is 37.7 Å². The van der Waals surface area contributed by atoms with Crippen molar-refractivity contribution in [3.63, 3.8) is 0 Å². The molecule has 3 rings (SSSR count). The smallest absolute Gasteiger partial charge is 0.256 e. The summed E-state index contributed by atoms with van der Waals surface area (Å²) >= 11 is 0. The third-order valence-corrected chi connectivity index (χ3v) is 5.08. The molecule has 1 amide bonds. The number of carbonyl (C=O) groups is 1. The number of unbranched alkanes of at least 4 members (excludes halogenated alkanes) is 1. The SMILES string of the molecule is CCCCN(C)C(=O)c1cnc(Nc2ccc(N3CCN(C)CC3)cc2)nc1. The van der Waals surface area contributed by atoms with E-state index in [0.29, 0.717) is 11.5 Å². The first-order chi connectivity index (χ1) is 13.6. The fourth-order valence-electron chi connectivity index (χ4n) is 3.17. The van der Waals surface area contributed by atoms with Crippen molar-refractivity contribution in [1.82, 2.24) is 19.8 Å². The molecule has 1 aliphatic heterocycles. The molecule has 2 aromatic rings. The van der Waals surface area contributed by atoms with Gasteiger partial charge in [0.2, 0.25) is 5.95 Å². The van der Waals surface area contributed by atoms with Gasteiger partial charge in [0.05, 0.1) is 5.56 Å². The van der Waals surface area contributed by atoms with Gasteiger partial charge in [0, 0.05) is 63.5 Å². The molecule has 0 atom stereocenters. The van der Waals surface area contributed by atoms with Gasteiger partial charge in [0.1, 0.15) is 0 Å². The Morgan fingerprint density at radius 3 is 2.36 bits per heavy atom. The largest absolute Gasteiger partial charge is 0.369 e. The van der Waals surface area contributed by atoms with E-state index in [1.165, 1.54) is 5.69 Å². The van der Waals surface area contributed by atoms with Crippen LogP contribution in [0.25, 0.3) is 0 Å². The standard InChI is InChI=1S/C21H30N6O/c1-4-5-10-26(3)20(28)17-15-22-21(23-16-17)24-18-6-8-19(9-7-18)27-13-11-25(2)12-14-27/h6-9,15-16H,4-5,10-14H2,1-3H3,(H,22,23,24). The Morgan fingerprint density at radius 1 is 1.11 bits per heavy atom. The highest BCUT2D eigenvalue weighted by molar-refractivity contribution is 5.93. The Morgan fingerprint density at radius 2 is 1.75 bits per heavy atom. The monoisotopic (exact) mass is 382 g/mol. The Balaban J connectivity index is 1.57. The summed E-state index contributed by atoms with van der Waals surface area (Å²) in [5, 5.41) is 3.20. The molecule has 2 heterocycles. The van der Waals surface area contributed by atoms with E-state index in [1.807, 2.05) is 19.2 Å². The first-order valence-corrected chi connectivity index (χ1v) is 9.95. The number of amides is 1. The van der Waals surface area contributed by atoms with Crippen LogP contribution in [-0.4, -0.2) is 72.5 Å². The number of nitrogens with zero attached hydrogens (tertiary/aromatic N) is 5. The van der Waals surface area contributed by atoms with Crippen molar-refractivity contribution in [1.29, 1.82) is 0 Å². The molecular weight excluding hydrogens is 352 g/mol. The van der Waals surface area contributed by atoms with Crippen LogP contribution in [0.2, 0.25) is 0 Å². The molecule has 1 aromatic heterocycles. The van der Waals surface area contributed by atoms with Crippen molar-refractivity contribution in [2.45, 2.75) is 19.8 Å². The van der Waals surface area contributed by atoms with Crippen LogP contribution in [0.5, 0.6) is 0 Å². The van der Waals surface area contributed by atoms with Gasteiger partial charge in [-0.25, -0.2) is 9.97 Å². The summed E-state index contributed by atoms with van der Waals surface area (Å²) < 4.78 is 0. The topological polar surface area (TPSA) is 64.6 Å². The minimum atomic E-state index is -0.0449. The predicted octanol–water partition coefficient (Wildman–Crippen LogP) is 2.84. The lowest BCUT2D eigenvalue weighted by Crippen LogP contribution is -2.44. The lowest BCUT2D eigenvalue weighted by molar-refractivity contribution is 0.0792. The van der Waals surface area contributed by atoms with Crippen molar-refractivity contribution in [3.8, 4) is 0 Å². The summed E-state index contributed by atoms with van der Waals surface area (Å²) in [7, 11) is 3.97. The second-order valence-corrected chi connectivity index (χ2v) is 7.34. The highest BCUT2D eigenvalue weighted by Crippen LogP contribution is 2.21. The third-order valence-electron chi connectivity index (χ3n) is 5.08. The maximum absolute atomic E-state index is 12.3. The number of hydrogen-bond acceptors (Lipinski definition) is 6. The van der Waals surface area contributed by atoms with E-state index < -0.39 is 0 Å². The molecule has 150 valence electrons. The molecule has 1 saturated heterocycles. The van der Waals surface area contributed by atoms with Crippen molar-refractivity contribution in [3.05, 3.63) is 42.2 Å². The summed E-state index contributed by atoms with van der Waals surface area (Å²) in [5.41, 5.74) is 2.67. The van der Waals surface area contributed by atoms with E-state index in [1.54, 1.807) is 17.3 Å². The molecule has 1 fully saturated rings. The van der Waals surface area contributed by atoms with Gasteiger partial charge < -0.3 is 20.0 Å². The average molecular weight is 383 g/mol. The van der Waals surface area contributed by atoms with Crippen LogP contribution in [0.4, 0.5) is 17.3 Å². The van der Waals surface area contributed by atoms with Gasteiger partial charge in [-0.3, -0.25) is 4.79 Å². The van der Waals surface area contributed by atoms with Crippen LogP contribution in [0.1, 0.15) is 30.1 Å². The number of rotatable bonds is 7. The zero-order valence-electron chi connectivity index (χ0n) is 17.1. The minimum Gasteiger partial charge on any atom is -0.369 e. The molecule has 7 heteroatoms. The highest BCUT2D eigenvalue weighted by Gasteiger charge is 2.14. The molecule has 1 aliphatic rings. The van der Waals surface area contributed by atoms with Crippen LogP contribution in [0, 0.1) is 0 Å². The third kappa shape index (κ3) is 5.19. The maximum atomic E-state index is 12.3. The second kappa shape index (κ2) is 9.50. The summed E-state index contributed by atoms with van der Waals surface area (Å²) in [6.45, 7) is 7.14. The molecule has 0 unspecified atom stereocenters. The van der Waals surface area contributed by atoms with Gasteiger partial charge in [0.25, 0.3) is 5.91 Å². The summed E-state index contributed by atoms with van der Waals surface area (Å²) in [4.78, 5) is 27.4. The first kappa shape index (κ1) is 20.1. The molecule has 0 radical (unpaired) electrons. The van der Waals surface area contributed by atoms with Crippen LogP contribution < -0.4 is 10.2 Å². The van der Waals surface area contributed by atoms with E-state index in [4.69, 9.17) is 0 Å². The number of nitrogens with one attached hydrogen (secondary N) is 1. The summed E-state index contributed by atoms with van der Waals surface area (Å²) in [6, 6.07) is 8.31. The van der Waals surface area contributed by atoms with Gasteiger partial charge in [-0.1, -0.05) is 13.3 Å². The van der Waals surface area contributed by atoms with Gasteiger partial charge in [-0.2, -0.15) is 0 Å². The van der Waals surface area contributed by atoms with Crippen LogP contribution in [0.15, 0.2) is 36.7 Å². The second-order valence-electron chi connectivity index (χ2n) is 7.34. The number of piperazine rings is 1. The summed E-state index contributed by atoms with van der Waals surface area (Å²) in [5.74, 6) is 0.441. The quantitative estimate of drug-likeness (QED) is 0.794. The van der Waals surface area contributed by atoms with E-state index in [9.17, 15) is 4.79 Å². The number of benzene rings is 1. The van der Waals surface area contributed by atoms with Gasteiger partial charge >= 0.3 is 0 Å². The number of carbonyl (C=O) groups excluding carboxylic acids is 1. The number of aromatic nitrogens is 2. The van der Waals surface area contributed by atoms with Crippen LogP contribution in [-0.2, 0) is 0 Å². The molecule has 0 saturated carbocycles. The molecule has 28 heavy (non-hydrogen) atoms. The number of anilines is 3. The van der Waals surface area contributed by atoms with Crippen molar-refractivity contribution in [2.24, 2.45) is 0 Å². The Kier molecular flexibility index (Phi) is 6.81. The van der Waals surface area contributed by atoms with E-state index in [0.717, 1.165) is 51.3 Å². The predicted molar refractivity (Wildman–Crippen MR) is 113 cm³/mol. The van der Waals surface area contributed by atoms with Crippen molar-refractivity contribution < 1.29 is 4.79 Å². The zero-order chi connectivity index (χ0) is 19.9. The fraction of sp³-hybridized carbons (Fsp3) is 0.476. The van der Waals surface area contributed by atoms with Gasteiger partial charge in [-0.15, -0.1) is 0 Å². The van der Waals surface area contributed by atoms with Crippen LogP contribution in [0.3, 0.4) is 0 Å². The molecule has 1 aromatic carbocycles. The lowest BCUT2D eigenvalue weighted by atomic mass is 10.2. The lowest BCUT2D eigenvalue weighted by Gasteiger charge is -2.34. The average Bonchev–Trinajstić information content (AvgIpc) is 2.73. The van der Waals surface area contributed by atoms with E-state index >= 15 is 0 Å². The van der Waals surface area contributed by atoms with E-state index in [-0.39, 0.29) is 5.91 Å². The van der Waals surface area contributed by atoms with Crippen molar-refractivity contribution >= 4 is 23.2 Å². The van der Waals surface area contributed by atoms with E-state index in [2.05, 4.69) is 51.2 Å². The number of hydrogen-bond donors (Lipinski definition) is 1. The molecule has 7 nitrogen and oxygen atoms in total. The Hall–Kier alpha value is -2.67. The highest BCUT2D eigenvalue weighted by atomic mass is 16.2. The van der Waals surface area contributed by atoms with Crippen molar-refractivity contribution in [2.75, 3.05) is 57.0 Å². The molecular formula is C21H30N6O. The molecule has 0 spiro atoms. The minimum absolute atomic E-state index is 0.0449. The first-order valence-electron chi connectivity index (χ1n) is 9.95. The number of likely N-dealkylation sites (N-methyl/N-ethyl adjacent to an activating group) is 1. The zero-order valence-corrected chi connectivity index (χ0v) is 17.1. The summed E-state index contributed by atoms with van der Waals surface area (Å²) in [6.07, 6.45) is 5.22.